The van der Waals surface area contributed by atoms with Crippen molar-refractivity contribution in [3.8, 4) is 11.8 Å². The van der Waals surface area contributed by atoms with E-state index in [1.165, 1.54) is 0 Å². The number of nitriles is 1. The molecule has 1 aromatic heterocycles. The molecule has 1 heterocycles. The van der Waals surface area contributed by atoms with E-state index in [0.29, 0.717) is 22.6 Å². The van der Waals surface area contributed by atoms with E-state index < -0.39 is 11.5 Å². The summed E-state index contributed by atoms with van der Waals surface area (Å²) >= 11 is 5.13. The Balaban J connectivity index is 2.09. The Kier molecular flexibility index (Phi) is 6.90. The highest BCUT2D eigenvalue weighted by atomic mass is 32.1. The van der Waals surface area contributed by atoms with Gasteiger partial charge in [0, 0.05) is 11.3 Å². The molecule has 0 radical (unpaired) electrons. The van der Waals surface area contributed by atoms with Crippen LogP contribution >= 0.6 is 12.2 Å². The van der Waals surface area contributed by atoms with Crippen LogP contribution in [-0.2, 0) is 0 Å². The fourth-order valence-corrected chi connectivity index (χ4v) is 2.65. The van der Waals surface area contributed by atoms with Gasteiger partial charge in [-0.1, -0.05) is 6.92 Å². The van der Waals surface area contributed by atoms with E-state index in [2.05, 4.69) is 10.7 Å². The first-order valence-corrected chi connectivity index (χ1v) is 9.20. The molecule has 0 spiro atoms. The number of aromatic nitrogens is 1. The number of ether oxygens (including phenoxy) is 1. The van der Waals surface area contributed by atoms with Crippen LogP contribution in [0.2, 0.25) is 0 Å². The quantitative estimate of drug-likeness (QED) is 0.752. The van der Waals surface area contributed by atoms with Crippen LogP contribution in [0, 0.1) is 25.2 Å². The van der Waals surface area contributed by atoms with Gasteiger partial charge in [0.05, 0.1) is 6.10 Å². The van der Waals surface area contributed by atoms with Crippen LogP contribution in [0.15, 0.2) is 35.1 Å². The van der Waals surface area contributed by atoms with Crippen LogP contribution < -0.4 is 21.0 Å². The van der Waals surface area contributed by atoms with Crippen LogP contribution in [0.4, 0.5) is 0 Å². The number of nitrogens with one attached hydrogen (secondary N) is 2. The molecule has 0 saturated carbocycles. The number of carbonyl (C=O) groups is 1. The van der Waals surface area contributed by atoms with Crippen molar-refractivity contribution in [3.63, 3.8) is 0 Å². The molecule has 0 bridgehead atoms. The standard InChI is InChI=1S/C20H22N4O3S/c1-5-14(4)27-16-8-6-15(7-9-16)18(25)22-20(28)23-24-13(3)10-12(2)17(11-21)19(24)26/h6-10,14H,5H2,1-4H3,(H2,22,23,25,28). The Labute approximate surface area is 168 Å². The van der Waals surface area contributed by atoms with E-state index in [-0.39, 0.29) is 16.8 Å². The molecule has 1 atom stereocenters. The fourth-order valence-electron chi connectivity index (χ4n) is 2.47. The summed E-state index contributed by atoms with van der Waals surface area (Å²) in [6.45, 7) is 7.38. The van der Waals surface area contributed by atoms with Crippen molar-refractivity contribution < 1.29 is 9.53 Å². The van der Waals surface area contributed by atoms with E-state index in [1.807, 2.05) is 19.9 Å². The van der Waals surface area contributed by atoms with Crippen molar-refractivity contribution >= 4 is 23.2 Å². The molecule has 2 N–H and O–H groups in total. The lowest BCUT2D eigenvalue weighted by Crippen LogP contribution is -2.43. The lowest BCUT2D eigenvalue weighted by Gasteiger charge is -2.15. The Bertz CT molecular complexity index is 990. The largest absolute Gasteiger partial charge is 0.491 e. The molecule has 1 aromatic carbocycles. The van der Waals surface area contributed by atoms with E-state index >= 15 is 0 Å². The highest BCUT2D eigenvalue weighted by molar-refractivity contribution is 7.80. The van der Waals surface area contributed by atoms with Crippen molar-refractivity contribution in [2.75, 3.05) is 5.43 Å². The third-order valence-electron chi connectivity index (χ3n) is 4.17. The van der Waals surface area contributed by atoms with Crippen molar-refractivity contribution in [2.24, 2.45) is 0 Å². The van der Waals surface area contributed by atoms with Gasteiger partial charge in [-0.2, -0.15) is 5.26 Å². The number of thiocarbonyl (C=S) groups is 1. The van der Waals surface area contributed by atoms with Crippen LogP contribution in [0.25, 0.3) is 0 Å². The number of aryl methyl sites for hydroxylation is 2. The minimum absolute atomic E-state index is 0.0177. The van der Waals surface area contributed by atoms with Gasteiger partial charge in [-0.25, -0.2) is 4.68 Å². The summed E-state index contributed by atoms with van der Waals surface area (Å²) in [5.74, 6) is 0.253. The van der Waals surface area contributed by atoms with Gasteiger partial charge in [-0.05, 0) is 75.3 Å². The summed E-state index contributed by atoms with van der Waals surface area (Å²) in [6, 6.07) is 10.3. The molecular weight excluding hydrogens is 376 g/mol. The van der Waals surface area contributed by atoms with Crippen molar-refractivity contribution in [1.82, 2.24) is 9.99 Å². The Morgan fingerprint density at radius 3 is 2.54 bits per heavy atom. The molecule has 1 unspecified atom stereocenters. The summed E-state index contributed by atoms with van der Waals surface area (Å²) in [5, 5.41) is 11.6. The number of benzene rings is 1. The number of pyridine rings is 1. The van der Waals surface area contributed by atoms with Gasteiger partial charge in [0.2, 0.25) is 0 Å². The maximum absolute atomic E-state index is 12.4. The zero-order valence-electron chi connectivity index (χ0n) is 16.2. The zero-order chi connectivity index (χ0) is 20.8. The topological polar surface area (TPSA) is 96.2 Å². The van der Waals surface area contributed by atoms with Gasteiger partial charge in [0.15, 0.2) is 5.11 Å². The van der Waals surface area contributed by atoms with Crippen LogP contribution in [0.1, 0.15) is 47.4 Å². The predicted octanol–water partition coefficient (Wildman–Crippen LogP) is 2.77. The molecule has 146 valence electrons. The van der Waals surface area contributed by atoms with Crippen molar-refractivity contribution in [1.29, 1.82) is 5.26 Å². The second-order valence-electron chi connectivity index (χ2n) is 6.35. The van der Waals surface area contributed by atoms with Crippen LogP contribution in [0.3, 0.4) is 0 Å². The summed E-state index contributed by atoms with van der Waals surface area (Å²) in [4.78, 5) is 24.7. The molecule has 2 aromatic rings. The predicted molar refractivity (Wildman–Crippen MR) is 111 cm³/mol. The van der Waals surface area contributed by atoms with Crippen molar-refractivity contribution in [3.05, 3.63) is 63.1 Å². The average molecular weight is 398 g/mol. The number of hydrogen-bond acceptors (Lipinski definition) is 5. The maximum atomic E-state index is 12.4. The highest BCUT2D eigenvalue weighted by Crippen LogP contribution is 2.15. The molecule has 0 aliphatic rings. The summed E-state index contributed by atoms with van der Waals surface area (Å²) in [5.41, 5.74) is 3.68. The van der Waals surface area contributed by atoms with Gasteiger partial charge < -0.3 is 4.74 Å². The van der Waals surface area contributed by atoms with E-state index in [4.69, 9.17) is 22.2 Å². The number of carbonyl (C=O) groups excluding carboxylic acids is 1. The van der Waals surface area contributed by atoms with Gasteiger partial charge in [0.25, 0.3) is 11.5 Å². The highest BCUT2D eigenvalue weighted by Gasteiger charge is 2.13. The first kappa shape index (κ1) is 21.1. The first-order valence-electron chi connectivity index (χ1n) is 8.79. The molecule has 28 heavy (non-hydrogen) atoms. The number of rotatable bonds is 5. The molecule has 0 aliphatic heterocycles. The van der Waals surface area contributed by atoms with Gasteiger partial charge >= 0.3 is 0 Å². The molecule has 0 aliphatic carbocycles. The SMILES string of the molecule is CCC(C)Oc1ccc(C(=O)NC(=S)Nn2c(C)cc(C)c(C#N)c2=O)cc1. The second-order valence-corrected chi connectivity index (χ2v) is 6.76. The normalized spacial score (nSPS) is 11.2. The monoisotopic (exact) mass is 398 g/mol. The maximum Gasteiger partial charge on any atom is 0.287 e. The van der Waals surface area contributed by atoms with E-state index in [1.54, 1.807) is 44.2 Å². The Hall–Kier alpha value is -3.18. The summed E-state index contributed by atoms with van der Waals surface area (Å²) in [7, 11) is 0. The minimum atomic E-state index is -0.525. The molecule has 0 fully saturated rings. The van der Waals surface area contributed by atoms with E-state index in [0.717, 1.165) is 11.1 Å². The van der Waals surface area contributed by atoms with Gasteiger partial charge in [0.1, 0.15) is 17.4 Å². The molecule has 7 nitrogen and oxygen atoms in total. The smallest absolute Gasteiger partial charge is 0.287 e. The van der Waals surface area contributed by atoms with Crippen LogP contribution in [-0.4, -0.2) is 21.8 Å². The first-order chi connectivity index (χ1) is 13.3. The third-order valence-corrected chi connectivity index (χ3v) is 4.36. The summed E-state index contributed by atoms with van der Waals surface area (Å²) in [6.07, 6.45) is 0.971. The summed E-state index contributed by atoms with van der Waals surface area (Å²) < 4.78 is 6.82. The molecule has 1 amide bonds. The number of hydrogen-bond donors (Lipinski definition) is 2. The lowest BCUT2D eigenvalue weighted by molar-refractivity contribution is 0.0977. The molecular formula is C20H22N4O3S. The third kappa shape index (κ3) is 4.96. The fraction of sp³-hybridized carbons (Fsp3) is 0.300. The second kappa shape index (κ2) is 9.15. The van der Waals surface area contributed by atoms with Crippen LogP contribution in [0.5, 0.6) is 5.75 Å². The molecule has 0 saturated heterocycles. The molecule has 8 heteroatoms. The number of nitrogens with zero attached hydrogens (tertiary/aromatic N) is 2. The zero-order valence-corrected chi connectivity index (χ0v) is 17.0. The lowest BCUT2D eigenvalue weighted by atomic mass is 10.1. The number of amides is 1. The Morgan fingerprint density at radius 1 is 1.32 bits per heavy atom. The van der Waals surface area contributed by atoms with Crippen molar-refractivity contribution in [2.45, 2.75) is 40.2 Å². The molecule has 2 rings (SSSR count). The van der Waals surface area contributed by atoms with E-state index in [9.17, 15) is 9.59 Å². The average Bonchev–Trinajstić information content (AvgIpc) is 2.65. The van der Waals surface area contributed by atoms with Gasteiger partial charge in [-0.3, -0.25) is 20.3 Å². The van der Waals surface area contributed by atoms with Gasteiger partial charge in [-0.15, -0.1) is 0 Å². The minimum Gasteiger partial charge on any atom is -0.491 e. The Morgan fingerprint density at radius 2 is 1.96 bits per heavy atom.